The van der Waals surface area contributed by atoms with Crippen LogP contribution >= 0.6 is 0 Å². The fourth-order valence-electron chi connectivity index (χ4n) is 2.71. The van der Waals surface area contributed by atoms with E-state index in [2.05, 4.69) is 0 Å². The van der Waals surface area contributed by atoms with Crippen LogP contribution in [0.2, 0.25) is 0 Å². The molecule has 0 saturated carbocycles. The summed E-state index contributed by atoms with van der Waals surface area (Å²) < 4.78 is 5.65. The Balaban J connectivity index is 2.66. The summed E-state index contributed by atoms with van der Waals surface area (Å²) in [5.74, 6) is 0.0371. The van der Waals surface area contributed by atoms with Gasteiger partial charge >= 0.3 is 6.09 Å². The van der Waals surface area contributed by atoms with Gasteiger partial charge in [0.1, 0.15) is 0 Å². The van der Waals surface area contributed by atoms with E-state index in [9.17, 15) is 4.79 Å². The molecule has 21 heavy (non-hydrogen) atoms. The van der Waals surface area contributed by atoms with Crippen LogP contribution in [-0.4, -0.2) is 6.09 Å². The number of carbonyl (C=O) groups excluding carboxylic acids is 1. The largest absolute Gasteiger partial charge is 0.433 e. The van der Waals surface area contributed by atoms with E-state index in [1.54, 1.807) is 0 Å². The molecule has 0 aliphatic carbocycles. The zero-order valence-corrected chi connectivity index (χ0v) is 12.7. The number of hydrogen-bond acceptors (Lipinski definition) is 2. The average molecular weight is 283 g/mol. The minimum atomic E-state index is -0.874. The van der Waals surface area contributed by atoms with Crippen molar-refractivity contribution in [3.8, 4) is 0 Å². The molecule has 0 heterocycles. The Morgan fingerprint density at radius 1 is 1.00 bits per heavy atom. The van der Waals surface area contributed by atoms with E-state index >= 15 is 0 Å². The molecular weight excluding hydrogens is 262 g/mol. The van der Waals surface area contributed by atoms with Gasteiger partial charge in [-0.1, -0.05) is 74.0 Å². The topological polar surface area (TPSA) is 52.3 Å². The molecular formula is C18H21NO2. The summed E-state index contributed by atoms with van der Waals surface area (Å²) in [4.78, 5) is 11.5. The smallest absolute Gasteiger partial charge is 0.405 e. The van der Waals surface area contributed by atoms with Crippen LogP contribution in [0.15, 0.2) is 54.6 Å². The van der Waals surface area contributed by atoms with Gasteiger partial charge in [0.25, 0.3) is 0 Å². The summed E-state index contributed by atoms with van der Waals surface area (Å²) in [5, 5.41) is 0. The second-order valence-electron chi connectivity index (χ2n) is 5.54. The Hall–Kier alpha value is -2.29. The molecule has 0 aliphatic rings. The van der Waals surface area contributed by atoms with Crippen molar-refractivity contribution in [2.45, 2.75) is 26.4 Å². The Morgan fingerprint density at radius 2 is 1.52 bits per heavy atom. The Bertz CT molecular complexity index is 605. The fraction of sp³-hybridized carbons (Fsp3) is 0.278. The van der Waals surface area contributed by atoms with Gasteiger partial charge in [-0.25, -0.2) is 4.79 Å². The lowest BCUT2D eigenvalue weighted by Gasteiger charge is -2.37. The van der Waals surface area contributed by atoms with Gasteiger partial charge in [0.05, 0.1) is 0 Å². The van der Waals surface area contributed by atoms with Gasteiger partial charge in [0.15, 0.2) is 5.60 Å². The number of ether oxygens (including phenoxy) is 1. The summed E-state index contributed by atoms with van der Waals surface area (Å²) in [6.07, 6.45) is -0.770. The standard InChI is InChI=1S/C18H21NO2/c1-13(2)18(21-17(19)20,15-7-5-4-6-8-15)16-11-9-14(3)10-12-16/h4-13H,1-3H3,(H2,19,20). The van der Waals surface area contributed by atoms with Gasteiger partial charge in [-0.05, 0) is 6.92 Å². The highest BCUT2D eigenvalue weighted by atomic mass is 16.6. The molecule has 1 amide bonds. The van der Waals surface area contributed by atoms with Gasteiger partial charge in [-0.2, -0.15) is 0 Å². The lowest BCUT2D eigenvalue weighted by molar-refractivity contribution is 0.00932. The van der Waals surface area contributed by atoms with Crippen molar-refractivity contribution in [2.24, 2.45) is 11.7 Å². The van der Waals surface area contributed by atoms with Crippen LogP contribution in [0.25, 0.3) is 0 Å². The second-order valence-corrected chi connectivity index (χ2v) is 5.54. The lowest BCUT2D eigenvalue weighted by Crippen LogP contribution is -2.40. The van der Waals surface area contributed by atoms with Gasteiger partial charge in [-0.15, -0.1) is 0 Å². The maximum atomic E-state index is 11.5. The summed E-state index contributed by atoms with van der Waals surface area (Å²) in [6.45, 7) is 6.07. The van der Waals surface area contributed by atoms with Gasteiger partial charge in [0.2, 0.25) is 0 Å². The van der Waals surface area contributed by atoms with E-state index < -0.39 is 11.7 Å². The molecule has 2 rings (SSSR count). The molecule has 2 N–H and O–H groups in total. The van der Waals surface area contributed by atoms with Crippen LogP contribution in [0.1, 0.15) is 30.5 Å². The number of rotatable bonds is 4. The lowest BCUT2D eigenvalue weighted by atomic mass is 9.77. The zero-order chi connectivity index (χ0) is 15.5. The van der Waals surface area contributed by atoms with Crippen molar-refractivity contribution < 1.29 is 9.53 Å². The first kappa shape index (κ1) is 15.1. The van der Waals surface area contributed by atoms with Gasteiger partial charge in [0, 0.05) is 17.0 Å². The number of nitrogens with two attached hydrogens (primary N) is 1. The Labute approximate surface area is 125 Å². The summed E-state index contributed by atoms with van der Waals surface area (Å²) in [7, 11) is 0. The average Bonchev–Trinajstić information content (AvgIpc) is 2.46. The predicted octanol–water partition coefficient (Wildman–Crippen LogP) is 3.99. The third kappa shape index (κ3) is 2.92. The van der Waals surface area contributed by atoms with Crippen LogP contribution < -0.4 is 5.73 Å². The number of carbonyl (C=O) groups is 1. The van der Waals surface area contributed by atoms with Crippen molar-refractivity contribution in [3.63, 3.8) is 0 Å². The van der Waals surface area contributed by atoms with Gasteiger partial charge in [-0.3, -0.25) is 0 Å². The molecule has 0 saturated heterocycles. The van der Waals surface area contributed by atoms with E-state index in [4.69, 9.17) is 10.5 Å². The third-order valence-electron chi connectivity index (χ3n) is 3.76. The number of aryl methyl sites for hydroxylation is 1. The van der Waals surface area contributed by atoms with Crippen LogP contribution in [0.4, 0.5) is 4.79 Å². The van der Waals surface area contributed by atoms with Crippen LogP contribution in [-0.2, 0) is 10.3 Å². The highest BCUT2D eigenvalue weighted by Gasteiger charge is 2.41. The summed E-state index contributed by atoms with van der Waals surface area (Å²) >= 11 is 0. The van der Waals surface area contributed by atoms with Crippen molar-refractivity contribution in [1.82, 2.24) is 0 Å². The van der Waals surface area contributed by atoms with E-state index in [0.717, 1.165) is 16.7 Å². The van der Waals surface area contributed by atoms with Crippen molar-refractivity contribution in [1.29, 1.82) is 0 Å². The first-order valence-electron chi connectivity index (χ1n) is 7.08. The van der Waals surface area contributed by atoms with Gasteiger partial charge < -0.3 is 10.5 Å². The highest BCUT2D eigenvalue weighted by Crippen LogP contribution is 2.40. The molecule has 0 bridgehead atoms. The highest BCUT2D eigenvalue weighted by molar-refractivity contribution is 5.66. The number of hydrogen-bond donors (Lipinski definition) is 1. The minimum Gasteiger partial charge on any atom is -0.433 e. The van der Waals surface area contributed by atoms with E-state index in [1.807, 2.05) is 75.4 Å². The first-order chi connectivity index (χ1) is 9.96. The molecule has 0 radical (unpaired) electrons. The Kier molecular flexibility index (Phi) is 4.32. The molecule has 2 aromatic carbocycles. The maximum Gasteiger partial charge on any atom is 0.405 e. The van der Waals surface area contributed by atoms with Crippen molar-refractivity contribution in [3.05, 3.63) is 71.3 Å². The fourth-order valence-corrected chi connectivity index (χ4v) is 2.71. The zero-order valence-electron chi connectivity index (χ0n) is 12.7. The third-order valence-corrected chi connectivity index (χ3v) is 3.76. The molecule has 110 valence electrons. The minimum absolute atomic E-state index is 0.0371. The molecule has 0 fully saturated rings. The summed E-state index contributed by atoms with van der Waals surface area (Å²) in [6, 6.07) is 17.7. The number of primary amides is 1. The molecule has 1 unspecified atom stereocenters. The first-order valence-corrected chi connectivity index (χ1v) is 7.08. The SMILES string of the molecule is Cc1ccc(C(OC(N)=O)(c2ccccc2)C(C)C)cc1. The molecule has 3 nitrogen and oxygen atoms in total. The normalized spacial score (nSPS) is 13.7. The monoisotopic (exact) mass is 283 g/mol. The maximum absolute atomic E-state index is 11.5. The summed E-state index contributed by atoms with van der Waals surface area (Å²) in [5.41, 5.74) is 7.48. The molecule has 1 atom stereocenters. The molecule has 0 aromatic heterocycles. The van der Waals surface area contributed by atoms with E-state index in [0.29, 0.717) is 0 Å². The molecule has 2 aromatic rings. The van der Waals surface area contributed by atoms with Crippen molar-refractivity contribution in [2.75, 3.05) is 0 Å². The second kappa shape index (κ2) is 6.00. The quantitative estimate of drug-likeness (QED) is 0.922. The van der Waals surface area contributed by atoms with Crippen LogP contribution in [0, 0.1) is 12.8 Å². The predicted molar refractivity (Wildman–Crippen MR) is 83.9 cm³/mol. The van der Waals surface area contributed by atoms with Crippen LogP contribution in [0.5, 0.6) is 0 Å². The Morgan fingerprint density at radius 3 is 2.00 bits per heavy atom. The molecule has 0 aliphatic heterocycles. The van der Waals surface area contributed by atoms with Crippen LogP contribution in [0.3, 0.4) is 0 Å². The number of benzene rings is 2. The van der Waals surface area contributed by atoms with E-state index in [1.165, 1.54) is 0 Å². The van der Waals surface area contributed by atoms with Crippen molar-refractivity contribution >= 4 is 6.09 Å². The van der Waals surface area contributed by atoms with E-state index in [-0.39, 0.29) is 5.92 Å². The number of amides is 1. The molecule has 3 heteroatoms. The molecule has 0 spiro atoms.